The minimum Gasteiger partial charge on any atom is -0.380 e. The van der Waals surface area contributed by atoms with Crippen LogP contribution in [0.4, 0.5) is 0 Å². The van der Waals surface area contributed by atoms with Crippen molar-refractivity contribution in [2.75, 3.05) is 7.11 Å². The lowest BCUT2D eigenvalue weighted by Crippen LogP contribution is -2.22. The SMILES string of the molecule is COCc1cccc(CNC(c2ccccc2)C2CC2)c1. The number of methoxy groups -OCH3 is 1. The smallest absolute Gasteiger partial charge is 0.0713 e. The first-order valence-electron chi connectivity index (χ1n) is 7.72. The lowest BCUT2D eigenvalue weighted by Gasteiger charge is -2.19. The van der Waals surface area contributed by atoms with E-state index in [2.05, 4.69) is 59.9 Å². The van der Waals surface area contributed by atoms with Crippen molar-refractivity contribution in [2.24, 2.45) is 5.92 Å². The van der Waals surface area contributed by atoms with Crippen LogP contribution in [0.2, 0.25) is 0 Å². The Morgan fingerprint density at radius 1 is 1.05 bits per heavy atom. The van der Waals surface area contributed by atoms with Crippen LogP contribution in [0.5, 0.6) is 0 Å². The number of hydrogen-bond acceptors (Lipinski definition) is 2. The summed E-state index contributed by atoms with van der Waals surface area (Å²) in [6.07, 6.45) is 2.69. The van der Waals surface area contributed by atoms with Crippen LogP contribution in [0.1, 0.15) is 35.6 Å². The van der Waals surface area contributed by atoms with Crippen LogP contribution < -0.4 is 5.32 Å². The molecule has 0 bridgehead atoms. The number of ether oxygens (including phenoxy) is 1. The number of benzene rings is 2. The van der Waals surface area contributed by atoms with Gasteiger partial charge in [-0.25, -0.2) is 0 Å². The molecule has 0 amide bonds. The first-order valence-corrected chi connectivity index (χ1v) is 7.72. The van der Waals surface area contributed by atoms with Crippen LogP contribution in [-0.2, 0) is 17.9 Å². The first kappa shape index (κ1) is 14.3. The maximum Gasteiger partial charge on any atom is 0.0713 e. The maximum absolute atomic E-state index is 5.21. The predicted molar refractivity (Wildman–Crippen MR) is 85.9 cm³/mol. The third kappa shape index (κ3) is 3.93. The van der Waals surface area contributed by atoms with E-state index in [9.17, 15) is 0 Å². The fourth-order valence-electron chi connectivity index (χ4n) is 2.87. The third-order valence-corrected chi connectivity index (χ3v) is 4.08. The number of rotatable bonds is 7. The summed E-state index contributed by atoms with van der Waals surface area (Å²) in [6.45, 7) is 1.59. The molecule has 1 fully saturated rings. The summed E-state index contributed by atoms with van der Waals surface area (Å²) >= 11 is 0. The predicted octanol–water partition coefficient (Wildman–Crippen LogP) is 4.07. The molecule has 0 saturated heterocycles. The van der Waals surface area contributed by atoms with Crippen molar-refractivity contribution in [3.05, 3.63) is 71.3 Å². The second-order valence-electron chi connectivity index (χ2n) is 5.86. The highest BCUT2D eigenvalue weighted by Gasteiger charge is 2.31. The van der Waals surface area contributed by atoms with Gasteiger partial charge in [0.1, 0.15) is 0 Å². The van der Waals surface area contributed by atoms with E-state index in [4.69, 9.17) is 4.74 Å². The average Bonchev–Trinajstić information content (AvgIpc) is 3.34. The molecule has 1 unspecified atom stereocenters. The minimum atomic E-state index is 0.484. The normalized spacial score (nSPS) is 15.9. The van der Waals surface area contributed by atoms with Gasteiger partial charge in [-0.05, 0) is 35.4 Å². The van der Waals surface area contributed by atoms with E-state index >= 15 is 0 Å². The van der Waals surface area contributed by atoms with Crippen molar-refractivity contribution in [1.29, 1.82) is 0 Å². The second-order valence-corrected chi connectivity index (χ2v) is 5.86. The Morgan fingerprint density at radius 3 is 2.52 bits per heavy atom. The molecular formula is C19H23NO. The number of nitrogens with one attached hydrogen (secondary N) is 1. The Labute approximate surface area is 127 Å². The zero-order valence-corrected chi connectivity index (χ0v) is 12.6. The van der Waals surface area contributed by atoms with E-state index in [1.165, 1.54) is 29.5 Å². The Morgan fingerprint density at radius 2 is 1.81 bits per heavy atom. The zero-order valence-electron chi connectivity index (χ0n) is 12.6. The minimum absolute atomic E-state index is 0.484. The summed E-state index contributed by atoms with van der Waals surface area (Å²) in [5, 5.41) is 3.74. The average molecular weight is 281 g/mol. The van der Waals surface area contributed by atoms with Crippen LogP contribution in [0.15, 0.2) is 54.6 Å². The monoisotopic (exact) mass is 281 g/mol. The fourth-order valence-corrected chi connectivity index (χ4v) is 2.87. The van der Waals surface area contributed by atoms with Gasteiger partial charge in [0, 0.05) is 19.7 Å². The number of hydrogen-bond donors (Lipinski definition) is 1. The van der Waals surface area contributed by atoms with E-state index in [1.54, 1.807) is 7.11 Å². The molecule has 1 aliphatic rings. The van der Waals surface area contributed by atoms with Crippen molar-refractivity contribution in [3.8, 4) is 0 Å². The molecule has 0 heterocycles. The van der Waals surface area contributed by atoms with Crippen LogP contribution in [0.3, 0.4) is 0 Å². The van der Waals surface area contributed by atoms with Crippen molar-refractivity contribution in [1.82, 2.24) is 5.32 Å². The van der Waals surface area contributed by atoms with Gasteiger partial charge in [0.2, 0.25) is 0 Å². The van der Waals surface area contributed by atoms with E-state index in [1.807, 2.05) is 0 Å². The Hall–Kier alpha value is -1.64. The highest BCUT2D eigenvalue weighted by molar-refractivity contribution is 5.24. The van der Waals surface area contributed by atoms with Gasteiger partial charge in [0.05, 0.1) is 6.61 Å². The molecule has 0 spiro atoms. The maximum atomic E-state index is 5.21. The molecule has 0 aromatic heterocycles. The van der Waals surface area contributed by atoms with Gasteiger partial charge in [0.15, 0.2) is 0 Å². The van der Waals surface area contributed by atoms with E-state index in [-0.39, 0.29) is 0 Å². The molecule has 2 aromatic carbocycles. The summed E-state index contributed by atoms with van der Waals surface area (Å²) < 4.78 is 5.21. The molecule has 2 aromatic rings. The van der Waals surface area contributed by atoms with E-state index < -0.39 is 0 Å². The Kier molecular flexibility index (Phi) is 4.69. The summed E-state index contributed by atoms with van der Waals surface area (Å²) in [5.41, 5.74) is 3.97. The molecule has 0 radical (unpaired) electrons. The quantitative estimate of drug-likeness (QED) is 0.826. The highest BCUT2D eigenvalue weighted by atomic mass is 16.5. The molecule has 2 heteroatoms. The highest BCUT2D eigenvalue weighted by Crippen LogP contribution is 2.41. The van der Waals surface area contributed by atoms with Crippen molar-refractivity contribution < 1.29 is 4.74 Å². The van der Waals surface area contributed by atoms with Crippen LogP contribution >= 0.6 is 0 Å². The summed E-state index contributed by atoms with van der Waals surface area (Å²) in [4.78, 5) is 0. The standard InChI is InChI=1S/C19H23NO/c1-21-14-16-7-5-6-15(12-16)13-20-19(18-10-11-18)17-8-3-2-4-9-17/h2-9,12,18-20H,10-11,13-14H2,1H3. The van der Waals surface area contributed by atoms with Gasteiger partial charge in [-0.2, -0.15) is 0 Å². The molecule has 110 valence electrons. The molecule has 2 nitrogen and oxygen atoms in total. The van der Waals surface area contributed by atoms with Gasteiger partial charge in [-0.3, -0.25) is 0 Å². The molecule has 1 atom stereocenters. The largest absolute Gasteiger partial charge is 0.380 e. The van der Waals surface area contributed by atoms with Crippen molar-refractivity contribution in [3.63, 3.8) is 0 Å². The molecule has 21 heavy (non-hydrogen) atoms. The summed E-state index contributed by atoms with van der Waals surface area (Å²) in [7, 11) is 1.74. The summed E-state index contributed by atoms with van der Waals surface area (Å²) in [6, 6.07) is 19.9. The molecule has 3 rings (SSSR count). The van der Waals surface area contributed by atoms with Crippen LogP contribution in [-0.4, -0.2) is 7.11 Å². The molecule has 1 saturated carbocycles. The van der Waals surface area contributed by atoms with Gasteiger partial charge >= 0.3 is 0 Å². The van der Waals surface area contributed by atoms with E-state index in [0.29, 0.717) is 12.6 Å². The van der Waals surface area contributed by atoms with Gasteiger partial charge in [-0.1, -0.05) is 54.6 Å². The first-order chi connectivity index (χ1) is 10.4. The molecule has 1 N–H and O–H groups in total. The van der Waals surface area contributed by atoms with Gasteiger partial charge < -0.3 is 10.1 Å². The van der Waals surface area contributed by atoms with Gasteiger partial charge in [-0.15, -0.1) is 0 Å². The summed E-state index contributed by atoms with van der Waals surface area (Å²) in [5.74, 6) is 0.801. The van der Waals surface area contributed by atoms with Crippen LogP contribution in [0.25, 0.3) is 0 Å². The van der Waals surface area contributed by atoms with Gasteiger partial charge in [0.25, 0.3) is 0 Å². The second kappa shape index (κ2) is 6.88. The van der Waals surface area contributed by atoms with Crippen molar-refractivity contribution in [2.45, 2.75) is 32.0 Å². The topological polar surface area (TPSA) is 21.3 Å². The van der Waals surface area contributed by atoms with Crippen molar-refractivity contribution >= 4 is 0 Å². The lowest BCUT2D eigenvalue weighted by molar-refractivity contribution is 0.185. The fraction of sp³-hybridized carbons (Fsp3) is 0.368. The Balaban J connectivity index is 1.66. The molecule has 1 aliphatic carbocycles. The van der Waals surface area contributed by atoms with Crippen LogP contribution in [0, 0.1) is 5.92 Å². The zero-order chi connectivity index (χ0) is 14.5. The molecule has 0 aliphatic heterocycles. The molecular weight excluding hydrogens is 258 g/mol. The third-order valence-electron chi connectivity index (χ3n) is 4.08. The lowest BCUT2D eigenvalue weighted by atomic mass is 10.0. The van der Waals surface area contributed by atoms with E-state index in [0.717, 1.165) is 12.5 Å². The Bertz CT molecular complexity index is 563.